The summed E-state index contributed by atoms with van der Waals surface area (Å²) in [6, 6.07) is -0.766. The molecule has 0 aromatic carbocycles. The highest BCUT2D eigenvalue weighted by Crippen LogP contribution is 2.14. The predicted octanol–water partition coefficient (Wildman–Crippen LogP) is 0.526. The first kappa shape index (κ1) is 10.3. The largest absolute Gasteiger partial charge is 0.411 e. The van der Waals surface area contributed by atoms with Crippen LogP contribution in [0.3, 0.4) is 0 Å². The molecule has 0 bridgehead atoms. The summed E-state index contributed by atoms with van der Waals surface area (Å²) in [4.78, 5) is 0. The molecule has 2 N–H and O–H groups in total. The van der Waals surface area contributed by atoms with Gasteiger partial charge >= 0.3 is 6.18 Å². The lowest BCUT2D eigenvalue weighted by Gasteiger charge is -2.08. The van der Waals surface area contributed by atoms with Crippen LogP contribution in [0, 0.1) is 12.3 Å². The Kier molecular flexibility index (Phi) is 3.93. The standard InChI is InChI=1S/C6H8F3NO/c1-2-5(10)3-11-4-6(7,8)9/h1,5H,3-4,10H2. The van der Waals surface area contributed by atoms with Crippen LogP contribution in [-0.2, 0) is 4.74 Å². The minimum atomic E-state index is -4.31. The molecule has 0 aliphatic rings. The second-order valence-electron chi connectivity index (χ2n) is 1.90. The smallest absolute Gasteiger partial charge is 0.369 e. The highest BCUT2D eigenvalue weighted by atomic mass is 19.4. The van der Waals surface area contributed by atoms with Gasteiger partial charge in [-0.2, -0.15) is 13.2 Å². The van der Waals surface area contributed by atoms with E-state index >= 15 is 0 Å². The van der Waals surface area contributed by atoms with E-state index in [9.17, 15) is 13.2 Å². The van der Waals surface area contributed by atoms with Crippen LogP contribution in [0.25, 0.3) is 0 Å². The molecule has 0 amide bonds. The summed E-state index contributed by atoms with van der Waals surface area (Å²) in [7, 11) is 0. The highest BCUT2D eigenvalue weighted by molar-refractivity contribution is 4.96. The van der Waals surface area contributed by atoms with Gasteiger partial charge in [0.25, 0.3) is 0 Å². The Labute approximate surface area is 62.5 Å². The van der Waals surface area contributed by atoms with E-state index in [0.29, 0.717) is 0 Å². The van der Waals surface area contributed by atoms with E-state index in [-0.39, 0.29) is 6.61 Å². The van der Waals surface area contributed by atoms with Crippen molar-refractivity contribution in [3.63, 3.8) is 0 Å². The number of nitrogens with two attached hydrogens (primary N) is 1. The molecule has 0 radical (unpaired) electrons. The maximum absolute atomic E-state index is 11.4. The molecular formula is C6H8F3NO. The molecule has 1 atom stereocenters. The third-order valence-corrected chi connectivity index (χ3v) is 0.777. The Morgan fingerprint density at radius 3 is 2.45 bits per heavy atom. The van der Waals surface area contributed by atoms with Crippen molar-refractivity contribution in [2.75, 3.05) is 13.2 Å². The van der Waals surface area contributed by atoms with Crippen LogP contribution in [0.2, 0.25) is 0 Å². The van der Waals surface area contributed by atoms with Crippen LogP contribution in [-0.4, -0.2) is 25.4 Å². The molecule has 0 heterocycles. The molecule has 0 aliphatic heterocycles. The van der Waals surface area contributed by atoms with Crippen LogP contribution in [0.15, 0.2) is 0 Å². The zero-order valence-electron chi connectivity index (χ0n) is 5.69. The van der Waals surface area contributed by atoms with Crippen molar-refractivity contribution < 1.29 is 17.9 Å². The van der Waals surface area contributed by atoms with Crippen molar-refractivity contribution in [3.8, 4) is 12.3 Å². The third-order valence-electron chi connectivity index (χ3n) is 0.777. The normalized spacial score (nSPS) is 14.1. The number of hydrogen-bond donors (Lipinski definition) is 1. The first-order chi connectivity index (χ1) is 4.95. The highest BCUT2D eigenvalue weighted by Gasteiger charge is 2.27. The van der Waals surface area contributed by atoms with Crippen molar-refractivity contribution in [1.82, 2.24) is 0 Å². The van der Waals surface area contributed by atoms with Gasteiger partial charge in [-0.25, -0.2) is 0 Å². The minimum absolute atomic E-state index is 0.268. The van der Waals surface area contributed by atoms with Gasteiger partial charge < -0.3 is 10.5 Å². The van der Waals surface area contributed by atoms with Gasteiger partial charge in [0, 0.05) is 0 Å². The summed E-state index contributed by atoms with van der Waals surface area (Å²) in [6.45, 7) is -1.57. The van der Waals surface area contributed by atoms with Crippen molar-refractivity contribution >= 4 is 0 Å². The van der Waals surface area contributed by atoms with Gasteiger partial charge in [0.1, 0.15) is 6.61 Å². The number of halogens is 3. The molecule has 5 heteroatoms. The molecule has 0 saturated heterocycles. The topological polar surface area (TPSA) is 35.2 Å². The summed E-state index contributed by atoms with van der Waals surface area (Å²) in [5, 5.41) is 0. The van der Waals surface area contributed by atoms with Crippen molar-refractivity contribution in [3.05, 3.63) is 0 Å². The van der Waals surface area contributed by atoms with Crippen LogP contribution in [0.1, 0.15) is 0 Å². The quantitative estimate of drug-likeness (QED) is 0.622. The van der Waals surface area contributed by atoms with Gasteiger partial charge in [0.15, 0.2) is 0 Å². The van der Waals surface area contributed by atoms with E-state index in [2.05, 4.69) is 4.74 Å². The molecule has 0 aromatic rings. The number of alkyl halides is 3. The van der Waals surface area contributed by atoms with E-state index in [1.807, 2.05) is 5.92 Å². The Hall–Kier alpha value is -0.730. The molecule has 0 aromatic heterocycles. The minimum Gasteiger partial charge on any atom is -0.369 e. The summed E-state index contributed by atoms with van der Waals surface area (Å²) in [6.07, 6.45) is 0.474. The fourth-order valence-corrected chi connectivity index (χ4v) is 0.350. The van der Waals surface area contributed by atoms with Crippen molar-refractivity contribution in [2.45, 2.75) is 12.2 Å². The maximum Gasteiger partial charge on any atom is 0.411 e. The van der Waals surface area contributed by atoms with Crippen LogP contribution >= 0.6 is 0 Å². The Morgan fingerprint density at radius 2 is 2.09 bits per heavy atom. The molecule has 11 heavy (non-hydrogen) atoms. The molecule has 0 aliphatic carbocycles. The molecular weight excluding hydrogens is 159 g/mol. The number of rotatable bonds is 3. The molecule has 64 valence electrons. The van der Waals surface area contributed by atoms with E-state index in [1.54, 1.807) is 0 Å². The lowest BCUT2D eigenvalue weighted by molar-refractivity contribution is -0.174. The maximum atomic E-state index is 11.4. The van der Waals surface area contributed by atoms with E-state index in [0.717, 1.165) is 0 Å². The van der Waals surface area contributed by atoms with Gasteiger partial charge in [-0.3, -0.25) is 0 Å². The van der Waals surface area contributed by atoms with Gasteiger partial charge in [-0.1, -0.05) is 5.92 Å². The molecule has 2 nitrogen and oxygen atoms in total. The number of ether oxygens (including phenoxy) is 1. The third kappa shape index (κ3) is 7.16. The van der Waals surface area contributed by atoms with Crippen molar-refractivity contribution in [1.29, 1.82) is 0 Å². The first-order valence-electron chi connectivity index (χ1n) is 2.82. The van der Waals surface area contributed by atoms with Gasteiger partial charge in [0.05, 0.1) is 12.6 Å². The Morgan fingerprint density at radius 1 is 1.55 bits per heavy atom. The number of hydrogen-bond acceptors (Lipinski definition) is 2. The molecule has 1 unspecified atom stereocenters. The van der Waals surface area contributed by atoms with E-state index in [1.165, 1.54) is 0 Å². The zero-order chi connectivity index (χ0) is 8.91. The summed E-state index contributed by atoms with van der Waals surface area (Å²) in [5.41, 5.74) is 5.07. The average molecular weight is 167 g/mol. The van der Waals surface area contributed by atoms with Crippen LogP contribution < -0.4 is 5.73 Å². The molecule has 0 fully saturated rings. The van der Waals surface area contributed by atoms with E-state index < -0.39 is 18.8 Å². The van der Waals surface area contributed by atoms with Gasteiger partial charge in [0.2, 0.25) is 0 Å². The van der Waals surface area contributed by atoms with Crippen LogP contribution in [0.4, 0.5) is 13.2 Å². The summed E-state index contributed by atoms with van der Waals surface area (Å²) < 4.78 is 38.3. The van der Waals surface area contributed by atoms with E-state index in [4.69, 9.17) is 12.2 Å². The summed E-state index contributed by atoms with van der Waals surface area (Å²) >= 11 is 0. The summed E-state index contributed by atoms with van der Waals surface area (Å²) in [5.74, 6) is 2.04. The first-order valence-corrected chi connectivity index (χ1v) is 2.82. The second kappa shape index (κ2) is 4.21. The predicted molar refractivity (Wildman–Crippen MR) is 33.7 cm³/mol. The fraction of sp³-hybridized carbons (Fsp3) is 0.667. The Balaban J connectivity index is 3.37. The van der Waals surface area contributed by atoms with Crippen molar-refractivity contribution in [2.24, 2.45) is 5.73 Å². The van der Waals surface area contributed by atoms with Crippen LogP contribution in [0.5, 0.6) is 0 Å². The van der Waals surface area contributed by atoms with Gasteiger partial charge in [-0.05, 0) is 0 Å². The molecule has 0 saturated carbocycles. The molecule has 0 rings (SSSR count). The van der Waals surface area contributed by atoms with Gasteiger partial charge in [-0.15, -0.1) is 6.42 Å². The SMILES string of the molecule is C#CC(N)COCC(F)(F)F. The fourth-order valence-electron chi connectivity index (χ4n) is 0.350. The monoisotopic (exact) mass is 167 g/mol. The second-order valence-corrected chi connectivity index (χ2v) is 1.90. The zero-order valence-corrected chi connectivity index (χ0v) is 5.69. The lowest BCUT2D eigenvalue weighted by Crippen LogP contribution is -2.27. The average Bonchev–Trinajstić information content (AvgIpc) is 1.85. The number of terminal acetylenes is 1. The molecule has 0 spiro atoms. The Bertz CT molecular complexity index is 149. The lowest BCUT2D eigenvalue weighted by atomic mass is 10.4.